The van der Waals surface area contributed by atoms with Crippen molar-refractivity contribution in [1.82, 2.24) is 15.1 Å². The fourth-order valence-electron chi connectivity index (χ4n) is 3.97. The van der Waals surface area contributed by atoms with E-state index < -0.39 is 0 Å². The zero-order valence-corrected chi connectivity index (χ0v) is 18.1. The van der Waals surface area contributed by atoms with Gasteiger partial charge in [0.15, 0.2) is 5.82 Å². The second-order valence-corrected chi connectivity index (χ2v) is 8.23. The molecule has 0 atom stereocenters. The molecular weight excluding hydrogens is 372 g/mol. The van der Waals surface area contributed by atoms with Gasteiger partial charge in [0.25, 0.3) is 5.91 Å². The van der Waals surface area contributed by atoms with E-state index in [4.69, 9.17) is 0 Å². The van der Waals surface area contributed by atoms with Crippen molar-refractivity contribution in [3.63, 3.8) is 0 Å². The predicted octanol–water partition coefficient (Wildman–Crippen LogP) is 4.34. The van der Waals surface area contributed by atoms with E-state index in [0.29, 0.717) is 13.1 Å². The molecular formula is C25H28N4O. The molecule has 5 heteroatoms. The molecule has 1 aromatic heterocycles. The van der Waals surface area contributed by atoms with Gasteiger partial charge in [0.2, 0.25) is 0 Å². The van der Waals surface area contributed by atoms with Gasteiger partial charge in [-0.15, -0.1) is 10.2 Å². The summed E-state index contributed by atoms with van der Waals surface area (Å²) in [7, 11) is 0. The fourth-order valence-corrected chi connectivity index (χ4v) is 3.97. The highest BCUT2D eigenvalue weighted by molar-refractivity contribution is 5.94. The maximum atomic E-state index is 12.9. The van der Waals surface area contributed by atoms with Crippen LogP contribution in [0.15, 0.2) is 48.5 Å². The second kappa shape index (κ2) is 8.27. The Labute approximate surface area is 178 Å². The fraction of sp³-hybridized carbons (Fsp3) is 0.320. The maximum Gasteiger partial charge on any atom is 0.253 e. The van der Waals surface area contributed by atoms with Gasteiger partial charge in [-0.3, -0.25) is 4.79 Å². The number of rotatable bonds is 3. The number of amides is 1. The predicted molar refractivity (Wildman–Crippen MR) is 121 cm³/mol. The van der Waals surface area contributed by atoms with Gasteiger partial charge in [0.1, 0.15) is 0 Å². The summed E-state index contributed by atoms with van der Waals surface area (Å²) < 4.78 is 0. The summed E-state index contributed by atoms with van der Waals surface area (Å²) in [6.45, 7) is 11.2. The van der Waals surface area contributed by atoms with Crippen molar-refractivity contribution in [2.75, 3.05) is 31.1 Å². The summed E-state index contributed by atoms with van der Waals surface area (Å²) in [6.07, 6.45) is 0. The zero-order valence-electron chi connectivity index (χ0n) is 18.1. The number of carbonyl (C=O) groups is 1. The average Bonchev–Trinajstić information content (AvgIpc) is 2.75. The van der Waals surface area contributed by atoms with Crippen molar-refractivity contribution in [3.8, 4) is 11.3 Å². The summed E-state index contributed by atoms with van der Waals surface area (Å²) >= 11 is 0. The van der Waals surface area contributed by atoms with Crippen LogP contribution in [0.4, 0.5) is 5.82 Å². The quantitative estimate of drug-likeness (QED) is 0.656. The Bertz CT molecular complexity index is 1050. The van der Waals surface area contributed by atoms with Gasteiger partial charge in [-0.25, -0.2) is 0 Å². The van der Waals surface area contributed by atoms with Crippen LogP contribution in [0.25, 0.3) is 11.3 Å². The van der Waals surface area contributed by atoms with E-state index in [0.717, 1.165) is 46.9 Å². The first kappa shape index (κ1) is 20.1. The van der Waals surface area contributed by atoms with E-state index in [1.165, 1.54) is 11.1 Å². The highest BCUT2D eigenvalue weighted by atomic mass is 16.2. The standard InChI is InChI=1S/C25H28N4O/c1-17-13-18(2)15-22(14-17)25(30)29-11-9-28(10-12-29)24-8-7-23(26-27-24)21-6-5-19(3)20(4)16-21/h5-8,13-16H,9-12H2,1-4H3. The normalized spacial score (nSPS) is 14.1. The summed E-state index contributed by atoms with van der Waals surface area (Å²) in [5.41, 5.74) is 7.51. The Morgan fingerprint density at radius 2 is 1.47 bits per heavy atom. The van der Waals surface area contributed by atoms with Crippen molar-refractivity contribution in [1.29, 1.82) is 0 Å². The molecule has 0 radical (unpaired) electrons. The molecule has 3 aromatic rings. The largest absolute Gasteiger partial charge is 0.352 e. The number of hydrogen-bond donors (Lipinski definition) is 0. The Hall–Kier alpha value is -3.21. The first-order valence-corrected chi connectivity index (χ1v) is 10.4. The molecule has 5 nitrogen and oxygen atoms in total. The monoisotopic (exact) mass is 400 g/mol. The lowest BCUT2D eigenvalue weighted by molar-refractivity contribution is 0.0746. The molecule has 2 heterocycles. The van der Waals surface area contributed by atoms with Crippen molar-refractivity contribution in [2.45, 2.75) is 27.7 Å². The van der Waals surface area contributed by atoms with Crippen LogP contribution in [-0.4, -0.2) is 47.2 Å². The Morgan fingerprint density at radius 1 is 0.767 bits per heavy atom. The average molecular weight is 401 g/mol. The third-order valence-corrected chi connectivity index (χ3v) is 5.81. The lowest BCUT2D eigenvalue weighted by atomic mass is 10.0. The lowest BCUT2D eigenvalue weighted by Gasteiger charge is -2.35. The zero-order chi connectivity index (χ0) is 21.3. The minimum absolute atomic E-state index is 0.109. The minimum Gasteiger partial charge on any atom is -0.352 e. The van der Waals surface area contributed by atoms with Crippen LogP contribution < -0.4 is 4.90 Å². The smallest absolute Gasteiger partial charge is 0.253 e. The maximum absolute atomic E-state index is 12.9. The minimum atomic E-state index is 0.109. The second-order valence-electron chi connectivity index (χ2n) is 8.23. The molecule has 1 fully saturated rings. The molecule has 0 spiro atoms. The van der Waals surface area contributed by atoms with Crippen LogP contribution in [0.2, 0.25) is 0 Å². The van der Waals surface area contributed by atoms with Crippen LogP contribution in [0, 0.1) is 27.7 Å². The molecule has 0 unspecified atom stereocenters. The lowest BCUT2D eigenvalue weighted by Crippen LogP contribution is -2.49. The first-order valence-electron chi connectivity index (χ1n) is 10.4. The van der Waals surface area contributed by atoms with E-state index in [1.54, 1.807) is 0 Å². The molecule has 1 aliphatic rings. The van der Waals surface area contributed by atoms with Crippen LogP contribution in [-0.2, 0) is 0 Å². The van der Waals surface area contributed by atoms with Gasteiger partial charge >= 0.3 is 0 Å². The topological polar surface area (TPSA) is 49.3 Å². The molecule has 1 saturated heterocycles. The van der Waals surface area contributed by atoms with Crippen LogP contribution in [0.5, 0.6) is 0 Å². The molecule has 0 aliphatic carbocycles. The molecule has 2 aromatic carbocycles. The van der Waals surface area contributed by atoms with Crippen molar-refractivity contribution in [3.05, 3.63) is 76.3 Å². The molecule has 0 saturated carbocycles. The van der Waals surface area contributed by atoms with E-state index in [-0.39, 0.29) is 5.91 Å². The van der Waals surface area contributed by atoms with Crippen molar-refractivity contribution >= 4 is 11.7 Å². The van der Waals surface area contributed by atoms with Crippen molar-refractivity contribution < 1.29 is 4.79 Å². The highest BCUT2D eigenvalue weighted by Gasteiger charge is 2.23. The number of piperazine rings is 1. The number of nitrogens with zero attached hydrogens (tertiary/aromatic N) is 4. The molecule has 4 rings (SSSR count). The SMILES string of the molecule is Cc1cc(C)cc(C(=O)N2CCN(c3ccc(-c4ccc(C)c(C)c4)nn3)CC2)c1. The highest BCUT2D eigenvalue weighted by Crippen LogP contribution is 2.22. The molecule has 0 bridgehead atoms. The number of hydrogen-bond acceptors (Lipinski definition) is 4. The van der Waals surface area contributed by atoms with Crippen LogP contribution >= 0.6 is 0 Å². The number of benzene rings is 2. The van der Waals surface area contributed by atoms with Crippen LogP contribution in [0.3, 0.4) is 0 Å². The number of aromatic nitrogens is 2. The Kier molecular flexibility index (Phi) is 5.53. The number of carbonyl (C=O) groups excluding carboxylic acids is 1. The number of aryl methyl sites for hydroxylation is 4. The van der Waals surface area contributed by atoms with Gasteiger partial charge in [0.05, 0.1) is 5.69 Å². The van der Waals surface area contributed by atoms with E-state index >= 15 is 0 Å². The third kappa shape index (κ3) is 4.20. The third-order valence-electron chi connectivity index (χ3n) is 5.81. The Balaban J connectivity index is 1.41. The molecule has 154 valence electrons. The molecule has 30 heavy (non-hydrogen) atoms. The van der Waals surface area contributed by atoms with Crippen LogP contribution in [0.1, 0.15) is 32.6 Å². The number of anilines is 1. The van der Waals surface area contributed by atoms with Gasteiger partial charge in [-0.2, -0.15) is 0 Å². The molecule has 1 amide bonds. The summed E-state index contributed by atoms with van der Waals surface area (Å²) in [5.74, 6) is 0.971. The summed E-state index contributed by atoms with van der Waals surface area (Å²) in [6, 6.07) is 16.4. The van der Waals surface area contributed by atoms with Gasteiger partial charge in [-0.05, 0) is 69.2 Å². The van der Waals surface area contributed by atoms with Gasteiger partial charge in [0, 0.05) is 37.3 Å². The van der Waals surface area contributed by atoms with E-state index in [1.807, 2.05) is 43.0 Å². The van der Waals surface area contributed by atoms with E-state index in [2.05, 4.69) is 53.2 Å². The summed E-state index contributed by atoms with van der Waals surface area (Å²) in [5, 5.41) is 8.90. The van der Waals surface area contributed by atoms with E-state index in [9.17, 15) is 4.79 Å². The van der Waals surface area contributed by atoms with Gasteiger partial charge < -0.3 is 9.80 Å². The van der Waals surface area contributed by atoms with Crippen molar-refractivity contribution in [2.24, 2.45) is 0 Å². The first-order chi connectivity index (χ1) is 14.4. The Morgan fingerprint density at radius 3 is 2.07 bits per heavy atom. The summed E-state index contributed by atoms with van der Waals surface area (Å²) in [4.78, 5) is 17.0. The molecule has 1 aliphatic heterocycles. The van der Waals surface area contributed by atoms with Gasteiger partial charge in [-0.1, -0.05) is 29.3 Å². The molecule has 0 N–H and O–H groups in total.